The van der Waals surface area contributed by atoms with Gasteiger partial charge in [0.15, 0.2) is 0 Å². The van der Waals surface area contributed by atoms with Crippen LogP contribution in [-0.4, -0.2) is 68.1 Å². The first-order valence-corrected chi connectivity index (χ1v) is 6.57. The zero-order valence-electron chi connectivity index (χ0n) is 11.7. The molecule has 1 aliphatic rings. The number of nitrogens with one attached hydrogen (secondary N) is 1. The third-order valence-electron chi connectivity index (χ3n) is 3.17. The molecule has 7 heteroatoms. The number of carboxylic acid groups (broad SMARTS) is 1. The van der Waals surface area contributed by atoms with Gasteiger partial charge in [0.25, 0.3) is 0 Å². The van der Waals surface area contributed by atoms with Crippen LogP contribution in [0.5, 0.6) is 0 Å². The van der Waals surface area contributed by atoms with Crippen LogP contribution in [0.15, 0.2) is 12.7 Å². The molecule has 2 N–H and O–H groups in total. The van der Waals surface area contributed by atoms with E-state index >= 15 is 0 Å². The number of likely N-dealkylation sites (N-methyl/N-ethyl adjacent to an activating group) is 1. The molecule has 0 aromatic heterocycles. The summed E-state index contributed by atoms with van der Waals surface area (Å²) in [5.74, 6) is -1.62. The van der Waals surface area contributed by atoms with Crippen LogP contribution in [0, 0.1) is 5.92 Å². The highest BCUT2D eigenvalue weighted by molar-refractivity contribution is 5.77. The number of carbonyl (C=O) groups excluding carboxylic acids is 1. The average molecular weight is 286 g/mol. The summed E-state index contributed by atoms with van der Waals surface area (Å²) in [6.07, 6.45) is 2.53. The Kier molecular flexibility index (Phi) is 7.03. The molecule has 1 aliphatic heterocycles. The Morgan fingerprint density at radius 2 is 2.25 bits per heavy atom. The third kappa shape index (κ3) is 4.82. The first-order valence-electron chi connectivity index (χ1n) is 6.57. The number of carboxylic acids is 1. The Hall–Kier alpha value is -1.60. The molecule has 1 fully saturated rings. The molecule has 20 heavy (non-hydrogen) atoms. The van der Waals surface area contributed by atoms with Crippen molar-refractivity contribution in [1.29, 1.82) is 0 Å². The lowest BCUT2D eigenvalue weighted by Crippen LogP contribution is -2.48. The van der Waals surface area contributed by atoms with Crippen LogP contribution in [0.2, 0.25) is 0 Å². The van der Waals surface area contributed by atoms with Gasteiger partial charge in [0.2, 0.25) is 0 Å². The van der Waals surface area contributed by atoms with Crippen molar-refractivity contribution in [3.63, 3.8) is 0 Å². The second kappa shape index (κ2) is 8.55. The zero-order chi connectivity index (χ0) is 15.0. The van der Waals surface area contributed by atoms with Crippen LogP contribution < -0.4 is 5.32 Å². The van der Waals surface area contributed by atoms with Crippen molar-refractivity contribution in [1.82, 2.24) is 10.2 Å². The van der Waals surface area contributed by atoms with Gasteiger partial charge in [-0.15, -0.1) is 6.58 Å². The molecule has 1 saturated heterocycles. The molecule has 1 rings (SSSR count). The minimum Gasteiger partial charge on any atom is -0.481 e. The lowest BCUT2D eigenvalue weighted by Gasteiger charge is -2.26. The van der Waals surface area contributed by atoms with E-state index in [4.69, 9.17) is 14.6 Å². The highest BCUT2D eigenvalue weighted by Gasteiger charge is 2.38. The van der Waals surface area contributed by atoms with E-state index in [2.05, 4.69) is 11.9 Å². The van der Waals surface area contributed by atoms with Gasteiger partial charge in [0.1, 0.15) is 5.92 Å². The van der Waals surface area contributed by atoms with Crippen LogP contribution in [-0.2, 0) is 14.3 Å². The molecule has 0 bridgehead atoms. The van der Waals surface area contributed by atoms with Gasteiger partial charge in [0.05, 0.1) is 32.5 Å². The molecule has 0 radical (unpaired) electrons. The van der Waals surface area contributed by atoms with Crippen molar-refractivity contribution in [3.8, 4) is 0 Å². The predicted octanol–water partition coefficient (Wildman–Crippen LogP) is 0.320. The first-order chi connectivity index (χ1) is 9.57. The van der Waals surface area contributed by atoms with Gasteiger partial charge >= 0.3 is 12.0 Å². The number of amides is 2. The molecule has 0 saturated carbocycles. The minimum absolute atomic E-state index is 0.141. The van der Waals surface area contributed by atoms with Gasteiger partial charge in [-0.05, 0) is 6.42 Å². The van der Waals surface area contributed by atoms with E-state index in [1.54, 1.807) is 13.1 Å². The molecule has 0 spiro atoms. The van der Waals surface area contributed by atoms with Crippen LogP contribution >= 0.6 is 0 Å². The molecule has 2 unspecified atom stereocenters. The molecular weight excluding hydrogens is 264 g/mol. The number of ether oxygens (including phenoxy) is 2. The highest BCUT2D eigenvalue weighted by atomic mass is 16.5. The number of nitrogens with zero attached hydrogens (tertiary/aromatic N) is 1. The summed E-state index contributed by atoms with van der Waals surface area (Å²) in [6, 6.07) is -0.756. The minimum atomic E-state index is -0.945. The van der Waals surface area contributed by atoms with Crippen molar-refractivity contribution >= 4 is 12.0 Å². The predicted molar refractivity (Wildman–Crippen MR) is 72.5 cm³/mol. The van der Waals surface area contributed by atoms with Gasteiger partial charge in [0, 0.05) is 13.6 Å². The number of carbonyl (C=O) groups is 2. The van der Waals surface area contributed by atoms with E-state index < -0.39 is 17.9 Å². The standard InChI is InChI=1S/C13H22N2O5/c1-3-4-6-19-7-5-14-13(18)15(2)11-9-20-8-10(11)12(16)17/h3,10-11H,1,4-9H2,2H3,(H,14,18)(H,16,17). The topological polar surface area (TPSA) is 88.1 Å². The fourth-order valence-electron chi connectivity index (χ4n) is 1.93. The Morgan fingerprint density at radius 3 is 2.90 bits per heavy atom. The van der Waals surface area contributed by atoms with Crippen molar-refractivity contribution < 1.29 is 24.2 Å². The smallest absolute Gasteiger partial charge is 0.317 e. The quantitative estimate of drug-likeness (QED) is 0.495. The van der Waals surface area contributed by atoms with Crippen molar-refractivity contribution in [2.75, 3.05) is 40.0 Å². The van der Waals surface area contributed by atoms with Crippen molar-refractivity contribution in [2.45, 2.75) is 12.5 Å². The number of rotatable bonds is 8. The molecule has 1 heterocycles. The highest BCUT2D eigenvalue weighted by Crippen LogP contribution is 2.18. The number of hydrogen-bond acceptors (Lipinski definition) is 4. The Bertz CT molecular complexity index is 348. The molecule has 0 aromatic rings. The van der Waals surface area contributed by atoms with Gasteiger partial charge in [-0.3, -0.25) is 4.79 Å². The zero-order valence-corrected chi connectivity index (χ0v) is 11.7. The van der Waals surface area contributed by atoms with Gasteiger partial charge in [-0.1, -0.05) is 6.08 Å². The van der Waals surface area contributed by atoms with E-state index in [1.807, 2.05) is 0 Å². The van der Waals surface area contributed by atoms with E-state index in [0.717, 1.165) is 6.42 Å². The fraction of sp³-hybridized carbons (Fsp3) is 0.692. The summed E-state index contributed by atoms with van der Waals surface area (Å²) in [4.78, 5) is 24.3. The lowest BCUT2D eigenvalue weighted by molar-refractivity contribution is -0.142. The second-order valence-corrected chi connectivity index (χ2v) is 4.58. The maximum Gasteiger partial charge on any atom is 0.317 e. The molecular formula is C13H22N2O5. The van der Waals surface area contributed by atoms with Gasteiger partial charge in [-0.25, -0.2) is 4.79 Å². The maximum absolute atomic E-state index is 11.9. The largest absolute Gasteiger partial charge is 0.481 e. The first kappa shape index (κ1) is 16.5. The van der Waals surface area contributed by atoms with E-state index in [0.29, 0.717) is 19.8 Å². The Balaban J connectivity index is 2.28. The van der Waals surface area contributed by atoms with Gasteiger partial charge in [-0.2, -0.15) is 0 Å². The summed E-state index contributed by atoms with van der Waals surface area (Å²) in [5.41, 5.74) is 0. The van der Waals surface area contributed by atoms with Crippen molar-refractivity contribution in [2.24, 2.45) is 5.92 Å². The number of aliphatic carboxylic acids is 1. The molecule has 114 valence electrons. The van der Waals surface area contributed by atoms with E-state index in [1.165, 1.54) is 4.90 Å². The maximum atomic E-state index is 11.9. The summed E-state index contributed by atoms with van der Waals surface area (Å²) in [7, 11) is 1.57. The molecule has 7 nitrogen and oxygen atoms in total. The normalized spacial score (nSPS) is 21.4. The summed E-state index contributed by atoms with van der Waals surface area (Å²) < 4.78 is 10.4. The van der Waals surface area contributed by atoms with E-state index in [9.17, 15) is 9.59 Å². The van der Waals surface area contributed by atoms with Crippen LogP contribution in [0.1, 0.15) is 6.42 Å². The van der Waals surface area contributed by atoms with Crippen LogP contribution in [0.4, 0.5) is 4.79 Å². The lowest BCUT2D eigenvalue weighted by atomic mass is 10.0. The number of hydrogen-bond donors (Lipinski definition) is 2. The van der Waals surface area contributed by atoms with Crippen molar-refractivity contribution in [3.05, 3.63) is 12.7 Å². The summed E-state index contributed by atoms with van der Waals surface area (Å²) >= 11 is 0. The average Bonchev–Trinajstić information content (AvgIpc) is 2.91. The third-order valence-corrected chi connectivity index (χ3v) is 3.17. The van der Waals surface area contributed by atoms with Crippen LogP contribution in [0.25, 0.3) is 0 Å². The Labute approximate surface area is 118 Å². The molecule has 0 aliphatic carbocycles. The SMILES string of the molecule is C=CCCOCCNC(=O)N(C)C1COCC1C(=O)O. The Morgan fingerprint density at radius 1 is 1.50 bits per heavy atom. The van der Waals surface area contributed by atoms with E-state index in [-0.39, 0.29) is 19.2 Å². The molecule has 2 amide bonds. The monoisotopic (exact) mass is 286 g/mol. The molecule has 2 atom stereocenters. The van der Waals surface area contributed by atoms with Gasteiger partial charge < -0.3 is 24.8 Å². The second-order valence-electron chi connectivity index (χ2n) is 4.58. The summed E-state index contributed by atoms with van der Waals surface area (Å²) in [6.45, 7) is 5.34. The molecule has 0 aromatic carbocycles. The fourth-order valence-corrected chi connectivity index (χ4v) is 1.93. The summed E-state index contributed by atoms with van der Waals surface area (Å²) in [5, 5.41) is 11.7. The van der Waals surface area contributed by atoms with Crippen LogP contribution in [0.3, 0.4) is 0 Å². The number of urea groups is 1.